The Balaban J connectivity index is 1.92. The zero-order valence-corrected chi connectivity index (χ0v) is 10.7. The van der Waals surface area contributed by atoms with E-state index in [0.29, 0.717) is 29.5 Å². The van der Waals surface area contributed by atoms with Gasteiger partial charge in [0.05, 0.1) is 12.8 Å². The topological polar surface area (TPSA) is 25.2 Å². The maximum Gasteiger partial charge on any atom is 0.131 e. The fourth-order valence-electron chi connectivity index (χ4n) is 2.09. The molecule has 0 saturated heterocycles. The lowest BCUT2D eigenvalue weighted by molar-refractivity contribution is 0.483. The molecule has 1 fully saturated rings. The molecule has 3 rings (SSSR count). The molecule has 2 nitrogen and oxygen atoms in total. The summed E-state index contributed by atoms with van der Waals surface area (Å²) in [6.45, 7) is 2.09. The van der Waals surface area contributed by atoms with E-state index in [9.17, 15) is 8.78 Å². The quantitative estimate of drug-likeness (QED) is 0.908. The standard InChI is InChI=1S/C15H15F2NO/c1-9-6-14(17)12(7-13(9)16)11-4-5-19-15(11)8-18-10-2-3-10/h4-7,10,18H,2-3,8H2,1H3. The Morgan fingerprint density at radius 1 is 1.21 bits per heavy atom. The van der Waals surface area contributed by atoms with E-state index >= 15 is 0 Å². The number of aryl methyl sites for hydroxylation is 1. The lowest BCUT2D eigenvalue weighted by Gasteiger charge is -2.07. The van der Waals surface area contributed by atoms with E-state index in [4.69, 9.17) is 4.42 Å². The molecule has 1 aliphatic carbocycles. The molecule has 1 heterocycles. The van der Waals surface area contributed by atoms with Gasteiger partial charge in [-0.3, -0.25) is 0 Å². The normalized spacial score (nSPS) is 14.9. The van der Waals surface area contributed by atoms with Crippen LogP contribution in [0.1, 0.15) is 24.2 Å². The Kier molecular flexibility index (Phi) is 3.11. The highest BCUT2D eigenvalue weighted by molar-refractivity contribution is 5.66. The minimum atomic E-state index is -0.423. The van der Waals surface area contributed by atoms with Crippen molar-refractivity contribution in [3.8, 4) is 11.1 Å². The zero-order chi connectivity index (χ0) is 13.4. The molecular weight excluding hydrogens is 248 g/mol. The molecule has 0 radical (unpaired) electrons. The summed E-state index contributed by atoms with van der Waals surface area (Å²) in [5, 5.41) is 3.30. The van der Waals surface area contributed by atoms with Crippen molar-refractivity contribution in [2.24, 2.45) is 0 Å². The third-order valence-electron chi connectivity index (χ3n) is 3.41. The van der Waals surface area contributed by atoms with Crippen LogP contribution < -0.4 is 5.32 Å². The van der Waals surface area contributed by atoms with Crippen LogP contribution in [0.4, 0.5) is 8.78 Å². The smallest absolute Gasteiger partial charge is 0.131 e. The maximum atomic E-state index is 14.0. The minimum Gasteiger partial charge on any atom is -0.467 e. The van der Waals surface area contributed by atoms with Gasteiger partial charge in [-0.1, -0.05) is 0 Å². The van der Waals surface area contributed by atoms with Crippen molar-refractivity contribution < 1.29 is 13.2 Å². The van der Waals surface area contributed by atoms with Crippen molar-refractivity contribution in [3.63, 3.8) is 0 Å². The number of hydrogen-bond acceptors (Lipinski definition) is 2. The van der Waals surface area contributed by atoms with Crippen LogP contribution in [0.15, 0.2) is 28.9 Å². The molecule has 0 bridgehead atoms. The fourth-order valence-corrected chi connectivity index (χ4v) is 2.09. The second-order valence-electron chi connectivity index (χ2n) is 4.99. The van der Waals surface area contributed by atoms with Crippen molar-refractivity contribution in [2.75, 3.05) is 0 Å². The fraction of sp³-hybridized carbons (Fsp3) is 0.333. The first-order valence-electron chi connectivity index (χ1n) is 6.41. The maximum absolute atomic E-state index is 14.0. The van der Waals surface area contributed by atoms with Crippen LogP contribution in [0.3, 0.4) is 0 Å². The van der Waals surface area contributed by atoms with Gasteiger partial charge >= 0.3 is 0 Å². The summed E-state index contributed by atoms with van der Waals surface area (Å²) in [4.78, 5) is 0. The van der Waals surface area contributed by atoms with Gasteiger partial charge in [0, 0.05) is 17.2 Å². The molecule has 4 heteroatoms. The van der Waals surface area contributed by atoms with E-state index in [2.05, 4.69) is 5.32 Å². The average molecular weight is 263 g/mol. The first-order chi connectivity index (χ1) is 9.15. The molecule has 0 aliphatic heterocycles. The van der Waals surface area contributed by atoms with Crippen LogP contribution in [0.2, 0.25) is 0 Å². The lowest BCUT2D eigenvalue weighted by Crippen LogP contribution is -2.15. The van der Waals surface area contributed by atoms with E-state index in [-0.39, 0.29) is 5.56 Å². The highest BCUT2D eigenvalue weighted by Gasteiger charge is 2.22. The van der Waals surface area contributed by atoms with Crippen molar-refractivity contribution in [1.82, 2.24) is 5.32 Å². The summed E-state index contributed by atoms with van der Waals surface area (Å²) >= 11 is 0. The van der Waals surface area contributed by atoms with E-state index < -0.39 is 11.6 Å². The molecule has 1 N–H and O–H groups in total. The van der Waals surface area contributed by atoms with Crippen LogP contribution in [0.25, 0.3) is 11.1 Å². The van der Waals surface area contributed by atoms with Gasteiger partial charge in [0.15, 0.2) is 0 Å². The number of rotatable bonds is 4. The summed E-state index contributed by atoms with van der Waals surface area (Å²) in [6, 6.07) is 4.67. The molecule has 0 amide bonds. The average Bonchev–Trinajstić information content (AvgIpc) is 3.09. The van der Waals surface area contributed by atoms with Crippen molar-refractivity contribution >= 4 is 0 Å². The number of halogens is 2. The monoisotopic (exact) mass is 263 g/mol. The minimum absolute atomic E-state index is 0.254. The van der Waals surface area contributed by atoms with Crippen LogP contribution in [0, 0.1) is 18.6 Å². The van der Waals surface area contributed by atoms with Crippen LogP contribution in [0.5, 0.6) is 0 Å². The third-order valence-corrected chi connectivity index (χ3v) is 3.41. The summed E-state index contributed by atoms with van der Waals surface area (Å²) in [5.41, 5.74) is 1.18. The number of furan rings is 1. The number of benzene rings is 1. The molecular formula is C15H15F2NO. The van der Waals surface area contributed by atoms with Crippen LogP contribution in [-0.2, 0) is 6.54 Å². The SMILES string of the molecule is Cc1cc(F)c(-c2ccoc2CNC2CC2)cc1F. The van der Waals surface area contributed by atoms with Gasteiger partial charge in [-0.15, -0.1) is 0 Å². The second kappa shape index (κ2) is 4.78. The molecule has 1 aromatic carbocycles. The highest BCUT2D eigenvalue weighted by Crippen LogP contribution is 2.30. The molecule has 0 atom stereocenters. The first kappa shape index (κ1) is 12.4. The summed E-state index contributed by atoms with van der Waals surface area (Å²) in [5.74, 6) is -0.180. The Morgan fingerprint density at radius 3 is 2.74 bits per heavy atom. The molecule has 0 spiro atoms. The predicted molar refractivity (Wildman–Crippen MR) is 68.7 cm³/mol. The Morgan fingerprint density at radius 2 is 2.00 bits per heavy atom. The second-order valence-corrected chi connectivity index (χ2v) is 4.99. The van der Waals surface area contributed by atoms with E-state index in [1.54, 1.807) is 13.0 Å². The zero-order valence-electron chi connectivity index (χ0n) is 10.7. The molecule has 1 aliphatic rings. The largest absolute Gasteiger partial charge is 0.467 e. The molecule has 0 unspecified atom stereocenters. The number of nitrogens with one attached hydrogen (secondary N) is 1. The molecule has 1 aromatic heterocycles. The van der Waals surface area contributed by atoms with Gasteiger partial charge in [0.1, 0.15) is 17.4 Å². The van der Waals surface area contributed by atoms with Crippen molar-refractivity contribution in [1.29, 1.82) is 0 Å². The highest BCUT2D eigenvalue weighted by atomic mass is 19.1. The Hall–Kier alpha value is -1.68. The van der Waals surface area contributed by atoms with E-state index in [1.165, 1.54) is 31.2 Å². The molecule has 2 aromatic rings. The molecule has 100 valence electrons. The molecule has 1 saturated carbocycles. The summed E-state index contributed by atoms with van der Waals surface area (Å²) in [6.07, 6.45) is 3.85. The van der Waals surface area contributed by atoms with Gasteiger partial charge < -0.3 is 9.73 Å². The Bertz CT molecular complexity index is 602. The van der Waals surface area contributed by atoms with Gasteiger partial charge in [-0.05, 0) is 43.5 Å². The summed E-state index contributed by atoms with van der Waals surface area (Å²) < 4.78 is 32.9. The summed E-state index contributed by atoms with van der Waals surface area (Å²) in [7, 11) is 0. The van der Waals surface area contributed by atoms with Crippen molar-refractivity contribution in [2.45, 2.75) is 32.4 Å². The van der Waals surface area contributed by atoms with Gasteiger partial charge in [-0.25, -0.2) is 8.78 Å². The van der Waals surface area contributed by atoms with Crippen LogP contribution in [-0.4, -0.2) is 6.04 Å². The van der Waals surface area contributed by atoms with Gasteiger partial charge in [0.25, 0.3) is 0 Å². The van der Waals surface area contributed by atoms with Gasteiger partial charge in [-0.2, -0.15) is 0 Å². The third kappa shape index (κ3) is 2.54. The first-order valence-corrected chi connectivity index (χ1v) is 6.41. The van der Waals surface area contributed by atoms with Gasteiger partial charge in [0.2, 0.25) is 0 Å². The predicted octanol–water partition coefficient (Wildman–Crippen LogP) is 3.79. The Labute approximate surface area is 110 Å². The molecule has 19 heavy (non-hydrogen) atoms. The van der Waals surface area contributed by atoms with Crippen LogP contribution >= 0.6 is 0 Å². The number of hydrogen-bond donors (Lipinski definition) is 1. The lowest BCUT2D eigenvalue weighted by atomic mass is 10.0. The van der Waals surface area contributed by atoms with E-state index in [0.717, 1.165) is 0 Å². The van der Waals surface area contributed by atoms with E-state index in [1.807, 2.05) is 0 Å². The van der Waals surface area contributed by atoms with Crippen molar-refractivity contribution in [3.05, 3.63) is 47.4 Å².